The number of aromatic nitrogens is 1. The number of amides is 1. The van der Waals surface area contributed by atoms with Crippen LogP contribution in [0.25, 0.3) is 0 Å². The van der Waals surface area contributed by atoms with Gasteiger partial charge in [0.1, 0.15) is 18.6 Å². The molecule has 0 bridgehead atoms. The van der Waals surface area contributed by atoms with Crippen LogP contribution in [0.4, 0.5) is 0 Å². The first kappa shape index (κ1) is 17.7. The Bertz CT molecular complexity index is 819. The smallest absolute Gasteiger partial charge is 0.273 e. The molecule has 0 aliphatic rings. The number of carbonyl (C=O) groups excluding carboxylic acids is 1. The zero-order chi connectivity index (χ0) is 18.2. The Labute approximate surface area is 152 Å². The number of ether oxygens (including phenoxy) is 1. The summed E-state index contributed by atoms with van der Waals surface area (Å²) < 4.78 is 10.9. The third kappa shape index (κ3) is 4.94. The maximum atomic E-state index is 12.1. The van der Waals surface area contributed by atoms with Gasteiger partial charge in [-0.25, -0.2) is 4.98 Å². The van der Waals surface area contributed by atoms with Crippen molar-refractivity contribution >= 4 is 5.91 Å². The standard InChI is InChI=1S/C20H21N3O3/c21-17(13-15-7-3-1-4-8-15)20-23-18(14-26-20)19(24)22-11-12-25-16-9-5-2-6-10-16/h1-10,14,17H,11-13,21H2,(H,22,24). The Morgan fingerprint density at radius 1 is 1.12 bits per heavy atom. The van der Waals surface area contributed by atoms with Crippen LogP contribution in [-0.2, 0) is 6.42 Å². The predicted octanol–water partition coefficient (Wildman–Crippen LogP) is 2.73. The van der Waals surface area contributed by atoms with Gasteiger partial charge >= 0.3 is 0 Å². The van der Waals surface area contributed by atoms with Gasteiger partial charge in [0.15, 0.2) is 5.69 Å². The van der Waals surface area contributed by atoms with Crippen molar-refractivity contribution in [1.29, 1.82) is 0 Å². The first-order chi connectivity index (χ1) is 12.7. The summed E-state index contributed by atoms with van der Waals surface area (Å²) in [6.07, 6.45) is 1.92. The van der Waals surface area contributed by atoms with Gasteiger partial charge in [0.05, 0.1) is 12.6 Å². The molecule has 3 aromatic rings. The molecule has 0 spiro atoms. The number of nitrogens with two attached hydrogens (primary N) is 1. The first-order valence-corrected chi connectivity index (χ1v) is 8.43. The summed E-state index contributed by atoms with van der Waals surface area (Å²) in [6, 6.07) is 18.9. The van der Waals surface area contributed by atoms with Gasteiger partial charge in [-0.05, 0) is 24.1 Å². The molecule has 0 radical (unpaired) electrons. The molecule has 1 heterocycles. The molecule has 1 amide bonds. The van der Waals surface area contributed by atoms with Gasteiger partial charge in [-0.2, -0.15) is 0 Å². The summed E-state index contributed by atoms with van der Waals surface area (Å²) >= 11 is 0. The Hall–Kier alpha value is -3.12. The van der Waals surface area contributed by atoms with E-state index < -0.39 is 6.04 Å². The number of nitrogens with one attached hydrogen (secondary N) is 1. The number of oxazole rings is 1. The number of para-hydroxylation sites is 1. The molecular weight excluding hydrogens is 330 g/mol. The highest BCUT2D eigenvalue weighted by Crippen LogP contribution is 2.15. The average Bonchev–Trinajstić information content (AvgIpc) is 3.17. The van der Waals surface area contributed by atoms with Gasteiger partial charge in [-0.3, -0.25) is 4.79 Å². The Balaban J connectivity index is 1.46. The van der Waals surface area contributed by atoms with Crippen molar-refractivity contribution in [3.05, 3.63) is 84.1 Å². The molecule has 0 aliphatic heterocycles. The van der Waals surface area contributed by atoms with E-state index in [0.717, 1.165) is 11.3 Å². The third-order valence-corrected chi connectivity index (χ3v) is 3.77. The van der Waals surface area contributed by atoms with Crippen molar-refractivity contribution in [2.75, 3.05) is 13.2 Å². The Morgan fingerprint density at radius 2 is 1.81 bits per heavy atom. The van der Waals surface area contributed by atoms with Crippen LogP contribution in [0.5, 0.6) is 5.75 Å². The van der Waals surface area contributed by atoms with E-state index in [2.05, 4.69) is 10.3 Å². The van der Waals surface area contributed by atoms with E-state index in [1.807, 2.05) is 60.7 Å². The normalized spacial score (nSPS) is 11.7. The fourth-order valence-electron chi connectivity index (χ4n) is 2.46. The second kappa shape index (κ2) is 8.82. The summed E-state index contributed by atoms with van der Waals surface area (Å²) in [6.45, 7) is 0.736. The lowest BCUT2D eigenvalue weighted by Gasteiger charge is -2.07. The van der Waals surface area contributed by atoms with Gasteiger partial charge in [-0.15, -0.1) is 0 Å². The third-order valence-electron chi connectivity index (χ3n) is 3.77. The molecule has 6 nitrogen and oxygen atoms in total. The molecule has 0 saturated heterocycles. The van der Waals surface area contributed by atoms with Crippen molar-refractivity contribution in [2.45, 2.75) is 12.5 Å². The van der Waals surface area contributed by atoms with Crippen molar-refractivity contribution in [3.8, 4) is 5.75 Å². The molecule has 134 valence electrons. The van der Waals surface area contributed by atoms with Crippen LogP contribution in [0.2, 0.25) is 0 Å². The van der Waals surface area contributed by atoms with Gasteiger partial charge in [0.25, 0.3) is 5.91 Å². The van der Waals surface area contributed by atoms with Crippen molar-refractivity contribution in [2.24, 2.45) is 5.73 Å². The highest BCUT2D eigenvalue weighted by molar-refractivity contribution is 5.91. The average molecular weight is 351 g/mol. The van der Waals surface area contributed by atoms with Crippen molar-refractivity contribution in [3.63, 3.8) is 0 Å². The largest absolute Gasteiger partial charge is 0.492 e. The number of hydrogen-bond acceptors (Lipinski definition) is 5. The second-order valence-electron chi connectivity index (χ2n) is 5.78. The number of carbonyl (C=O) groups is 1. The highest BCUT2D eigenvalue weighted by Gasteiger charge is 2.17. The molecule has 2 aromatic carbocycles. The van der Waals surface area contributed by atoms with Gasteiger partial charge < -0.3 is 20.2 Å². The lowest BCUT2D eigenvalue weighted by Crippen LogP contribution is -2.28. The minimum Gasteiger partial charge on any atom is -0.492 e. The van der Waals surface area contributed by atoms with Crippen LogP contribution in [-0.4, -0.2) is 24.0 Å². The summed E-state index contributed by atoms with van der Waals surface area (Å²) in [4.78, 5) is 16.3. The number of hydrogen-bond donors (Lipinski definition) is 2. The zero-order valence-corrected chi connectivity index (χ0v) is 14.3. The van der Waals surface area contributed by atoms with E-state index in [4.69, 9.17) is 14.9 Å². The molecule has 1 unspecified atom stereocenters. The molecule has 26 heavy (non-hydrogen) atoms. The van der Waals surface area contributed by atoms with E-state index in [-0.39, 0.29) is 11.6 Å². The van der Waals surface area contributed by atoms with Crippen LogP contribution in [0, 0.1) is 0 Å². The molecule has 0 saturated carbocycles. The first-order valence-electron chi connectivity index (χ1n) is 8.43. The maximum absolute atomic E-state index is 12.1. The topological polar surface area (TPSA) is 90.4 Å². The molecule has 6 heteroatoms. The van der Waals surface area contributed by atoms with E-state index in [1.54, 1.807) is 0 Å². The van der Waals surface area contributed by atoms with Gasteiger partial charge in [0, 0.05) is 0 Å². The lowest BCUT2D eigenvalue weighted by molar-refractivity contribution is 0.0942. The summed E-state index contributed by atoms with van der Waals surface area (Å²) in [5.74, 6) is 0.792. The summed E-state index contributed by atoms with van der Waals surface area (Å²) in [7, 11) is 0. The molecule has 3 rings (SSSR count). The molecule has 1 aromatic heterocycles. The SMILES string of the molecule is NC(Cc1ccccc1)c1nc(C(=O)NCCOc2ccccc2)co1. The second-order valence-corrected chi connectivity index (χ2v) is 5.78. The highest BCUT2D eigenvalue weighted by atomic mass is 16.5. The number of rotatable bonds is 8. The van der Waals surface area contributed by atoms with E-state index in [9.17, 15) is 4.79 Å². The van der Waals surface area contributed by atoms with E-state index >= 15 is 0 Å². The van der Waals surface area contributed by atoms with Gasteiger partial charge in [0.2, 0.25) is 5.89 Å². The summed E-state index contributed by atoms with van der Waals surface area (Å²) in [5, 5.41) is 2.74. The maximum Gasteiger partial charge on any atom is 0.273 e. The molecular formula is C20H21N3O3. The minimum absolute atomic E-state index is 0.211. The molecule has 0 aliphatic carbocycles. The van der Waals surface area contributed by atoms with E-state index in [1.165, 1.54) is 6.26 Å². The number of benzene rings is 2. The Kier molecular flexibility index (Phi) is 6.01. The molecule has 3 N–H and O–H groups in total. The molecule has 1 atom stereocenters. The van der Waals surface area contributed by atoms with Crippen molar-refractivity contribution < 1.29 is 13.9 Å². The monoisotopic (exact) mass is 351 g/mol. The summed E-state index contributed by atoms with van der Waals surface area (Å²) in [5.41, 5.74) is 7.42. The Morgan fingerprint density at radius 3 is 2.54 bits per heavy atom. The van der Waals surface area contributed by atoms with Crippen LogP contribution in [0.3, 0.4) is 0 Å². The minimum atomic E-state index is -0.402. The van der Waals surface area contributed by atoms with E-state index in [0.29, 0.717) is 25.5 Å². The van der Waals surface area contributed by atoms with Crippen LogP contribution >= 0.6 is 0 Å². The predicted molar refractivity (Wildman–Crippen MR) is 97.8 cm³/mol. The fraction of sp³-hybridized carbons (Fsp3) is 0.200. The molecule has 0 fully saturated rings. The van der Waals surface area contributed by atoms with Crippen molar-refractivity contribution in [1.82, 2.24) is 10.3 Å². The fourth-order valence-corrected chi connectivity index (χ4v) is 2.46. The zero-order valence-electron chi connectivity index (χ0n) is 14.3. The van der Waals surface area contributed by atoms with Crippen LogP contribution < -0.4 is 15.8 Å². The van der Waals surface area contributed by atoms with Crippen LogP contribution in [0.1, 0.15) is 28.0 Å². The lowest BCUT2D eigenvalue weighted by atomic mass is 10.1. The van der Waals surface area contributed by atoms with Gasteiger partial charge in [-0.1, -0.05) is 48.5 Å². The quantitative estimate of drug-likeness (QED) is 0.609. The van der Waals surface area contributed by atoms with Crippen LogP contribution in [0.15, 0.2) is 71.3 Å². The number of nitrogens with zero attached hydrogens (tertiary/aromatic N) is 1.